The molecule has 0 amide bonds. The van der Waals surface area contributed by atoms with Gasteiger partial charge in [0, 0.05) is 5.56 Å². The van der Waals surface area contributed by atoms with E-state index in [1.54, 1.807) is 0 Å². The summed E-state index contributed by atoms with van der Waals surface area (Å²) in [5.74, 6) is 0. The van der Waals surface area contributed by atoms with Crippen LogP contribution in [0, 0.1) is 4.91 Å². The Morgan fingerprint density at radius 3 is 2.44 bits per heavy atom. The van der Waals surface area contributed by atoms with Gasteiger partial charge in [0.2, 0.25) is 6.23 Å². The predicted molar refractivity (Wildman–Crippen MR) is 62.9 cm³/mol. The number of nitroso groups, excluding NO2 is 1. The molecule has 2 rings (SSSR count). The molecule has 0 aromatic heterocycles. The fourth-order valence-corrected chi connectivity index (χ4v) is 2.17. The lowest BCUT2D eigenvalue weighted by molar-refractivity contribution is -0.0278. The van der Waals surface area contributed by atoms with E-state index in [1.165, 1.54) is 19.3 Å². The van der Waals surface area contributed by atoms with Crippen LogP contribution in [0.1, 0.15) is 43.9 Å². The Balaban J connectivity index is 1.97. The van der Waals surface area contributed by atoms with Crippen molar-refractivity contribution in [1.29, 1.82) is 0 Å². The van der Waals surface area contributed by atoms with E-state index in [0.29, 0.717) is 0 Å². The SMILES string of the molecule is O=NC(OC1CCCCC1)c1ccccc1. The van der Waals surface area contributed by atoms with Crippen molar-refractivity contribution in [2.75, 3.05) is 0 Å². The van der Waals surface area contributed by atoms with Gasteiger partial charge in [-0.05, 0) is 18.0 Å². The van der Waals surface area contributed by atoms with E-state index < -0.39 is 6.23 Å². The molecule has 16 heavy (non-hydrogen) atoms. The number of rotatable bonds is 4. The Labute approximate surface area is 95.8 Å². The van der Waals surface area contributed by atoms with Gasteiger partial charge in [0.05, 0.1) is 6.10 Å². The van der Waals surface area contributed by atoms with E-state index in [4.69, 9.17) is 4.74 Å². The highest BCUT2D eigenvalue weighted by Crippen LogP contribution is 2.27. The van der Waals surface area contributed by atoms with Crippen molar-refractivity contribution in [1.82, 2.24) is 0 Å². The lowest BCUT2D eigenvalue weighted by Crippen LogP contribution is -2.18. The minimum absolute atomic E-state index is 0.205. The van der Waals surface area contributed by atoms with Gasteiger partial charge < -0.3 is 4.74 Å². The van der Waals surface area contributed by atoms with Crippen LogP contribution in [0.25, 0.3) is 0 Å². The molecule has 1 aliphatic rings. The zero-order valence-electron chi connectivity index (χ0n) is 9.34. The van der Waals surface area contributed by atoms with Gasteiger partial charge >= 0.3 is 0 Å². The van der Waals surface area contributed by atoms with Gasteiger partial charge in [-0.2, -0.15) is 0 Å². The van der Waals surface area contributed by atoms with Crippen molar-refractivity contribution >= 4 is 0 Å². The zero-order chi connectivity index (χ0) is 11.2. The molecule has 0 heterocycles. The normalized spacial score (nSPS) is 19.2. The fourth-order valence-electron chi connectivity index (χ4n) is 2.17. The summed E-state index contributed by atoms with van der Waals surface area (Å²) in [4.78, 5) is 10.8. The molecule has 86 valence electrons. The molecule has 0 radical (unpaired) electrons. The van der Waals surface area contributed by atoms with E-state index in [0.717, 1.165) is 18.4 Å². The molecule has 1 aromatic rings. The Morgan fingerprint density at radius 1 is 1.12 bits per heavy atom. The monoisotopic (exact) mass is 219 g/mol. The molecule has 1 fully saturated rings. The van der Waals surface area contributed by atoms with Crippen molar-refractivity contribution in [3.8, 4) is 0 Å². The van der Waals surface area contributed by atoms with Crippen LogP contribution in [0.4, 0.5) is 0 Å². The van der Waals surface area contributed by atoms with Crippen LogP contribution in [0.3, 0.4) is 0 Å². The molecule has 1 saturated carbocycles. The maximum absolute atomic E-state index is 10.8. The minimum Gasteiger partial charge on any atom is -0.346 e. The molecule has 1 atom stereocenters. The van der Waals surface area contributed by atoms with Gasteiger partial charge in [0.15, 0.2) is 0 Å². The van der Waals surface area contributed by atoms with Crippen LogP contribution in [0.2, 0.25) is 0 Å². The first-order chi connectivity index (χ1) is 7.90. The van der Waals surface area contributed by atoms with E-state index in [-0.39, 0.29) is 6.10 Å². The largest absolute Gasteiger partial charge is 0.346 e. The molecule has 3 nitrogen and oxygen atoms in total. The van der Waals surface area contributed by atoms with Gasteiger partial charge in [-0.1, -0.05) is 49.6 Å². The summed E-state index contributed by atoms with van der Waals surface area (Å²) < 4.78 is 5.75. The predicted octanol–water partition coefficient (Wildman–Crippen LogP) is 3.80. The molecule has 0 N–H and O–H groups in total. The molecule has 0 spiro atoms. The number of hydrogen-bond acceptors (Lipinski definition) is 3. The number of benzene rings is 1. The third-order valence-corrected chi connectivity index (χ3v) is 3.05. The summed E-state index contributed by atoms with van der Waals surface area (Å²) in [6.45, 7) is 0. The molecule has 3 heteroatoms. The van der Waals surface area contributed by atoms with Crippen LogP contribution in [0.5, 0.6) is 0 Å². The number of ether oxygens (including phenoxy) is 1. The molecule has 1 aromatic carbocycles. The van der Waals surface area contributed by atoms with Crippen molar-refractivity contribution in [3.63, 3.8) is 0 Å². The molecule has 0 saturated heterocycles. The smallest absolute Gasteiger partial charge is 0.215 e. The van der Waals surface area contributed by atoms with Gasteiger partial charge in [-0.3, -0.25) is 0 Å². The first-order valence-electron chi connectivity index (χ1n) is 5.93. The molecule has 1 aliphatic carbocycles. The van der Waals surface area contributed by atoms with Crippen molar-refractivity contribution < 1.29 is 4.74 Å². The van der Waals surface area contributed by atoms with Crippen LogP contribution >= 0.6 is 0 Å². The van der Waals surface area contributed by atoms with Crippen molar-refractivity contribution in [3.05, 3.63) is 40.8 Å². The quantitative estimate of drug-likeness (QED) is 0.722. The second kappa shape index (κ2) is 5.75. The third kappa shape index (κ3) is 2.89. The summed E-state index contributed by atoms with van der Waals surface area (Å²) in [5.41, 5.74) is 0.850. The van der Waals surface area contributed by atoms with Crippen LogP contribution in [0.15, 0.2) is 35.5 Å². The average molecular weight is 219 g/mol. The Kier molecular flexibility index (Phi) is 4.05. The summed E-state index contributed by atoms with van der Waals surface area (Å²) in [6.07, 6.45) is 5.36. The highest BCUT2D eigenvalue weighted by atomic mass is 16.5. The number of nitrogens with zero attached hydrogens (tertiary/aromatic N) is 1. The molecular weight excluding hydrogens is 202 g/mol. The molecule has 0 bridgehead atoms. The van der Waals surface area contributed by atoms with E-state index >= 15 is 0 Å². The van der Waals surface area contributed by atoms with Crippen LogP contribution < -0.4 is 0 Å². The summed E-state index contributed by atoms with van der Waals surface area (Å²) in [7, 11) is 0. The van der Waals surface area contributed by atoms with Gasteiger partial charge in [0.1, 0.15) is 0 Å². The van der Waals surface area contributed by atoms with Crippen LogP contribution in [-0.2, 0) is 4.74 Å². The Morgan fingerprint density at radius 2 is 1.81 bits per heavy atom. The second-order valence-electron chi connectivity index (χ2n) is 4.26. The molecule has 1 unspecified atom stereocenters. The van der Waals surface area contributed by atoms with E-state index in [1.807, 2.05) is 30.3 Å². The lowest BCUT2D eigenvalue weighted by Gasteiger charge is -2.24. The highest BCUT2D eigenvalue weighted by molar-refractivity contribution is 5.17. The van der Waals surface area contributed by atoms with Crippen LogP contribution in [-0.4, -0.2) is 6.10 Å². The standard InChI is InChI=1S/C13H17NO2/c15-14-13(11-7-3-1-4-8-11)16-12-9-5-2-6-10-12/h1,3-4,7-8,12-13H,2,5-6,9-10H2. The zero-order valence-corrected chi connectivity index (χ0v) is 9.34. The molecule has 0 aliphatic heterocycles. The second-order valence-corrected chi connectivity index (χ2v) is 4.26. The lowest BCUT2D eigenvalue weighted by atomic mass is 9.97. The van der Waals surface area contributed by atoms with Gasteiger partial charge in [-0.25, -0.2) is 0 Å². The topological polar surface area (TPSA) is 38.7 Å². The van der Waals surface area contributed by atoms with E-state index in [9.17, 15) is 4.91 Å². The first-order valence-corrected chi connectivity index (χ1v) is 5.93. The molecular formula is C13H17NO2. The highest BCUT2D eigenvalue weighted by Gasteiger charge is 2.20. The fraction of sp³-hybridized carbons (Fsp3) is 0.538. The summed E-state index contributed by atoms with van der Waals surface area (Å²) >= 11 is 0. The maximum Gasteiger partial charge on any atom is 0.215 e. The minimum atomic E-state index is -0.635. The first kappa shape index (κ1) is 11.3. The Hall–Kier alpha value is -1.22. The third-order valence-electron chi connectivity index (χ3n) is 3.05. The maximum atomic E-state index is 10.8. The van der Waals surface area contributed by atoms with E-state index in [2.05, 4.69) is 5.18 Å². The average Bonchev–Trinajstić information content (AvgIpc) is 2.38. The Bertz CT molecular complexity index is 320. The van der Waals surface area contributed by atoms with Gasteiger partial charge in [-0.15, -0.1) is 4.91 Å². The van der Waals surface area contributed by atoms with Crippen molar-refractivity contribution in [2.45, 2.75) is 44.4 Å². The van der Waals surface area contributed by atoms with Crippen molar-refractivity contribution in [2.24, 2.45) is 5.18 Å². The summed E-state index contributed by atoms with van der Waals surface area (Å²) in [5, 5.41) is 3.08. The number of hydrogen-bond donors (Lipinski definition) is 0. The summed E-state index contributed by atoms with van der Waals surface area (Å²) in [6, 6.07) is 9.49. The van der Waals surface area contributed by atoms with Gasteiger partial charge in [0.25, 0.3) is 0 Å².